The van der Waals surface area contributed by atoms with Gasteiger partial charge in [-0.3, -0.25) is 0 Å². The fourth-order valence-electron chi connectivity index (χ4n) is 2.34. The van der Waals surface area contributed by atoms with Crippen molar-refractivity contribution in [3.63, 3.8) is 0 Å². The van der Waals surface area contributed by atoms with Crippen molar-refractivity contribution in [2.24, 2.45) is 0 Å². The molecule has 0 aliphatic heterocycles. The maximum absolute atomic E-state index is 6.13. The molecule has 0 N–H and O–H groups in total. The van der Waals surface area contributed by atoms with Gasteiger partial charge in [0.25, 0.3) is 0 Å². The van der Waals surface area contributed by atoms with E-state index in [1.165, 1.54) is 0 Å². The number of benzene rings is 1. The first-order valence-corrected chi connectivity index (χ1v) is 8.01. The van der Waals surface area contributed by atoms with Gasteiger partial charge in [-0.15, -0.1) is 0 Å². The summed E-state index contributed by atoms with van der Waals surface area (Å²) in [5, 5.41) is 0.758. The minimum atomic E-state index is 0.134. The lowest BCUT2D eigenvalue weighted by molar-refractivity contribution is -0.0765. The topological polar surface area (TPSA) is 18.5 Å². The van der Waals surface area contributed by atoms with Crippen LogP contribution in [0.1, 0.15) is 30.9 Å². The van der Waals surface area contributed by atoms with E-state index in [0.29, 0.717) is 4.83 Å². The Balaban J connectivity index is 2.05. The average Bonchev–Trinajstić information content (AvgIpc) is 2.32. The van der Waals surface area contributed by atoms with E-state index in [0.717, 1.165) is 41.3 Å². The standard InChI is InChI=1S/C15H20BrClO2/c1-4-5-18-15-12(16)8-13(15)19-14-9(2)6-11(17)7-10(14)3/h6-7,12-13,15H,4-5,8H2,1-3H3. The lowest BCUT2D eigenvalue weighted by atomic mass is 9.91. The van der Waals surface area contributed by atoms with Gasteiger partial charge >= 0.3 is 0 Å². The van der Waals surface area contributed by atoms with Gasteiger partial charge < -0.3 is 9.47 Å². The van der Waals surface area contributed by atoms with E-state index < -0.39 is 0 Å². The summed E-state index contributed by atoms with van der Waals surface area (Å²) in [6.45, 7) is 6.96. The molecule has 3 unspecified atom stereocenters. The normalized spacial score (nSPS) is 26.1. The molecular weight excluding hydrogens is 328 g/mol. The number of hydrogen-bond acceptors (Lipinski definition) is 2. The van der Waals surface area contributed by atoms with Crippen LogP contribution >= 0.6 is 27.5 Å². The Morgan fingerprint density at radius 1 is 1.32 bits per heavy atom. The largest absolute Gasteiger partial charge is 0.487 e. The maximum atomic E-state index is 6.13. The minimum Gasteiger partial charge on any atom is -0.487 e. The van der Waals surface area contributed by atoms with E-state index >= 15 is 0 Å². The molecule has 0 saturated heterocycles. The molecule has 0 bridgehead atoms. The highest BCUT2D eigenvalue weighted by molar-refractivity contribution is 9.09. The SMILES string of the molecule is CCCOC1C(Br)CC1Oc1c(C)cc(Cl)cc1C. The Hall–Kier alpha value is -0.250. The van der Waals surface area contributed by atoms with Crippen molar-refractivity contribution in [3.05, 3.63) is 28.3 Å². The van der Waals surface area contributed by atoms with E-state index in [1.807, 2.05) is 26.0 Å². The van der Waals surface area contributed by atoms with E-state index in [4.69, 9.17) is 21.1 Å². The van der Waals surface area contributed by atoms with Gasteiger partial charge in [-0.1, -0.05) is 34.5 Å². The predicted octanol–water partition coefficient (Wildman–Crippen LogP) is 4.67. The minimum absolute atomic E-state index is 0.134. The highest BCUT2D eigenvalue weighted by Gasteiger charge is 2.42. The molecule has 1 aliphatic carbocycles. The Morgan fingerprint density at radius 3 is 2.47 bits per heavy atom. The van der Waals surface area contributed by atoms with Gasteiger partial charge in [-0.2, -0.15) is 0 Å². The molecule has 0 radical (unpaired) electrons. The van der Waals surface area contributed by atoms with Gasteiger partial charge in [0.1, 0.15) is 18.0 Å². The van der Waals surface area contributed by atoms with Crippen LogP contribution in [0.3, 0.4) is 0 Å². The lowest BCUT2D eigenvalue weighted by Gasteiger charge is -2.41. The molecule has 1 aliphatic rings. The van der Waals surface area contributed by atoms with E-state index in [9.17, 15) is 0 Å². The van der Waals surface area contributed by atoms with Gasteiger partial charge in [-0.05, 0) is 43.5 Å². The molecule has 2 nitrogen and oxygen atoms in total. The molecular formula is C15H20BrClO2. The Bertz CT molecular complexity index is 427. The van der Waals surface area contributed by atoms with Crippen molar-refractivity contribution in [1.82, 2.24) is 0 Å². The summed E-state index contributed by atoms with van der Waals surface area (Å²) >= 11 is 9.67. The fraction of sp³-hybridized carbons (Fsp3) is 0.600. The zero-order valence-electron chi connectivity index (χ0n) is 11.6. The molecule has 2 rings (SSSR count). The molecule has 0 aromatic heterocycles. The lowest BCUT2D eigenvalue weighted by Crippen LogP contribution is -2.52. The zero-order valence-corrected chi connectivity index (χ0v) is 13.9. The summed E-state index contributed by atoms with van der Waals surface area (Å²) in [4.78, 5) is 0.400. The van der Waals surface area contributed by atoms with Crippen LogP contribution < -0.4 is 4.74 Å². The van der Waals surface area contributed by atoms with Gasteiger partial charge in [0.2, 0.25) is 0 Å². The molecule has 1 saturated carbocycles. The number of aryl methyl sites for hydroxylation is 2. The van der Waals surface area contributed by atoms with Crippen molar-refractivity contribution >= 4 is 27.5 Å². The summed E-state index contributed by atoms with van der Waals surface area (Å²) < 4.78 is 12.0. The van der Waals surface area contributed by atoms with Gasteiger partial charge in [0.15, 0.2) is 0 Å². The van der Waals surface area contributed by atoms with Gasteiger partial charge in [0.05, 0.1) is 0 Å². The predicted molar refractivity (Wildman–Crippen MR) is 82.7 cm³/mol. The number of alkyl halides is 1. The van der Waals surface area contributed by atoms with Gasteiger partial charge in [-0.25, -0.2) is 0 Å². The fourth-order valence-corrected chi connectivity index (χ4v) is 3.53. The van der Waals surface area contributed by atoms with Gasteiger partial charge in [0, 0.05) is 22.9 Å². The van der Waals surface area contributed by atoms with Crippen LogP contribution in [0.15, 0.2) is 12.1 Å². The Kier molecular flexibility index (Phi) is 5.15. The number of ether oxygens (including phenoxy) is 2. The number of hydrogen-bond donors (Lipinski definition) is 0. The third-order valence-electron chi connectivity index (χ3n) is 3.39. The molecule has 106 valence electrons. The van der Waals surface area contributed by atoms with Crippen molar-refractivity contribution in [2.75, 3.05) is 6.61 Å². The van der Waals surface area contributed by atoms with Crippen LogP contribution in [-0.4, -0.2) is 23.6 Å². The van der Waals surface area contributed by atoms with Crippen LogP contribution in [0.2, 0.25) is 5.02 Å². The Morgan fingerprint density at radius 2 is 1.95 bits per heavy atom. The molecule has 0 heterocycles. The summed E-state index contributed by atoms with van der Waals surface area (Å²) in [5.41, 5.74) is 2.16. The second-order valence-corrected chi connectivity index (χ2v) is 6.72. The molecule has 3 atom stereocenters. The van der Waals surface area contributed by atoms with E-state index in [2.05, 4.69) is 22.9 Å². The first-order chi connectivity index (χ1) is 9.02. The highest BCUT2D eigenvalue weighted by atomic mass is 79.9. The summed E-state index contributed by atoms with van der Waals surface area (Å²) in [5.74, 6) is 0.943. The van der Waals surface area contributed by atoms with Crippen LogP contribution in [0.5, 0.6) is 5.75 Å². The van der Waals surface area contributed by atoms with Crippen LogP contribution in [0, 0.1) is 13.8 Å². The average molecular weight is 348 g/mol. The van der Waals surface area contributed by atoms with Crippen molar-refractivity contribution < 1.29 is 9.47 Å². The molecule has 19 heavy (non-hydrogen) atoms. The second-order valence-electron chi connectivity index (χ2n) is 5.11. The Labute approximate surface area is 128 Å². The second kappa shape index (κ2) is 6.47. The first kappa shape index (κ1) is 15.1. The van der Waals surface area contributed by atoms with Crippen LogP contribution in [0.25, 0.3) is 0 Å². The molecule has 0 amide bonds. The smallest absolute Gasteiger partial charge is 0.127 e. The quantitative estimate of drug-likeness (QED) is 0.721. The summed E-state index contributed by atoms with van der Waals surface area (Å²) in [6.07, 6.45) is 2.29. The van der Waals surface area contributed by atoms with Crippen molar-refractivity contribution in [1.29, 1.82) is 0 Å². The maximum Gasteiger partial charge on any atom is 0.127 e. The first-order valence-electron chi connectivity index (χ1n) is 6.72. The van der Waals surface area contributed by atoms with Crippen LogP contribution in [-0.2, 0) is 4.74 Å². The number of halogens is 2. The zero-order chi connectivity index (χ0) is 14.0. The molecule has 1 aromatic carbocycles. The van der Waals surface area contributed by atoms with E-state index in [-0.39, 0.29) is 12.2 Å². The van der Waals surface area contributed by atoms with Crippen molar-refractivity contribution in [3.8, 4) is 5.75 Å². The number of rotatable bonds is 5. The highest BCUT2D eigenvalue weighted by Crippen LogP contribution is 2.37. The molecule has 1 fully saturated rings. The molecule has 1 aromatic rings. The van der Waals surface area contributed by atoms with Crippen LogP contribution in [0.4, 0.5) is 0 Å². The molecule has 0 spiro atoms. The summed E-state index contributed by atoms with van der Waals surface area (Å²) in [6, 6.07) is 3.88. The third kappa shape index (κ3) is 3.45. The monoisotopic (exact) mass is 346 g/mol. The van der Waals surface area contributed by atoms with Crippen molar-refractivity contribution in [2.45, 2.75) is 50.6 Å². The summed E-state index contributed by atoms with van der Waals surface area (Å²) in [7, 11) is 0. The van der Waals surface area contributed by atoms with E-state index in [1.54, 1.807) is 0 Å². The molecule has 4 heteroatoms. The third-order valence-corrected chi connectivity index (χ3v) is 4.50.